The first kappa shape index (κ1) is 45.4. The predicted octanol–water partition coefficient (Wildman–Crippen LogP) is 16.3. The molecule has 286 valence electrons. The smallest absolute Gasteiger partial charge is 0.101 e. The molecule has 0 N–H and O–H groups in total. The molecule has 1 rings (SSSR count). The van der Waals surface area contributed by atoms with Crippen LogP contribution in [0.3, 0.4) is 0 Å². The van der Waals surface area contributed by atoms with E-state index in [1.165, 1.54) is 257 Å². The summed E-state index contributed by atoms with van der Waals surface area (Å²) in [4.78, 5) is 5.46. The maximum Gasteiger partial charge on any atom is 0.101 e. The van der Waals surface area contributed by atoms with E-state index in [4.69, 9.17) is 0 Å². The lowest BCUT2D eigenvalue weighted by atomic mass is 10.0. The van der Waals surface area contributed by atoms with Crippen molar-refractivity contribution >= 4 is 0 Å². The van der Waals surface area contributed by atoms with Gasteiger partial charge < -0.3 is 9.80 Å². The van der Waals surface area contributed by atoms with Gasteiger partial charge >= 0.3 is 0 Å². The van der Waals surface area contributed by atoms with E-state index in [0.29, 0.717) is 6.17 Å². The maximum atomic E-state index is 2.73. The van der Waals surface area contributed by atoms with E-state index in [1.807, 2.05) is 0 Å². The third kappa shape index (κ3) is 29.1. The van der Waals surface area contributed by atoms with Gasteiger partial charge in [-0.2, -0.15) is 0 Å². The molecule has 0 amide bonds. The molecule has 0 aromatic carbocycles. The lowest BCUT2D eigenvalue weighted by molar-refractivity contribution is 0.135. The fourth-order valence-corrected chi connectivity index (χ4v) is 7.95. The SMILES string of the molecule is CCCCCCCCCCCCCCCCCCCN1C=CN(CCCCCCCCCCC)C1CCCCCCCCCCCCC. The van der Waals surface area contributed by atoms with Crippen LogP contribution >= 0.6 is 0 Å². The van der Waals surface area contributed by atoms with Crippen molar-refractivity contribution < 1.29 is 0 Å². The summed E-state index contributed by atoms with van der Waals surface area (Å²) >= 11 is 0. The zero-order valence-electron chi connectivity index (χ0n) is 33.9. The molecule has 2 heteroatoms. The van der Waals surface area contributed by atoms with E-state index >= 15 is 0 Å². The van der Waals surface area contributed by atoms with Crippen molar-refractivity contribution in [3.8, 4) is 0 Å². The van der Waals surface area contributed by atoms with Crippen LogP contribution in [0.2, 0.25) is 0 Å². The first-order valence-electron chi connectivity index (χ1n) is 23.0. The highest BCUT2D eigenvalue weighted by Gasteiger charge is 2.24. The Hall–Kier alpha value is -0.660. The Bertz CT molecular complexity index is 630. The van der Waals surface area contributed by atoms with E-state index in [-0.39, 0.29) is 0 Å². The average molecular weight is 673 g/mol. The van der Waals surface area contributed by atoms with Crippen LogP contribution in [0.5, 0.6) is 0 Å². The van der Waals surface area contributed by atoms with Crippen LogP contribution in [-0.2, 0) is 0 Å². The molecule has 0 fully saturated rings. The second-order valence-corrected chi connectivity index (χ2v) is 16.1. The van der Waals surface area contributed by atoms with Crippen molar-refractivity contribution in [2.24, 2.45) is 0 Å². The molecule has 0 bridgehead atoms. The van der Waals surface area contributed by atoms with Crippen molar-refractivity contribution in [2.75, 3.05) is 13.1 Å². The average Bonchev–Trinajstić information content (AvgIpc) is 3.48. The number of rotatable bonds is 40. The third-order valence-electron chi connectivity index (χ3n) is 11.3. The molecule has 0 aromatic heterocycles. The molecular weight excluding hydrogens is 581 g/mol. The van der Waals surface area contributed by atoms with Crippen molar-refractivity contribution in [3.05, 3.63) is 12.4 Å². The Morgan fingerprint density at radius 2 is 0.479 bits per heavy atom. The zero-order valence-corrected chi connectivity index (χ0v) is 33.9. The molecule has 1 heterocycles. The molecule has 2 nitrogen and oxygen atoms in total. The van der Waals surface area contributed by atoms with E-state index < -0.39 is 0 Å². The van der Waals surface area contributed by atoms with E-state index in [9.17, 15) is 0 Å². The van der Waals surface area contributed by atoms with Gasteiger partial charge in [-0.3, -0.25) is 0 Å². The maximum absolute atomic E-state index is 2.73. The van der Waals surface area contributed by atoms with Gasteiger partial charge in [0.1, 0.15) is 6.17 Å². The fourth-order valence-electron chi connectivity index (χ4n) is 7.95. The van der Waals surface area contributed by atoms with Crippen LogP contribution in [0.1, 0.15) is 265 Å². The molecule has 0 saturated heterocycles. The summed E-state index contributed by atoms with van der Waals surface area (Å²) in [7, 11) is 0. The van der Waals surface area contributed by atoms with Crippen molar-refractivity contribution in [1.29, 1.82) is 0 Å². The lowest BCUT2D eigenvalue weighted by Gasteiger charge is -2.33. The van der Waals surface area contributed by atoms with Crippen LogP contribution in [0.25, 0.3) is 0 Å². The van der Waals surface area contributed by atoms with Crippen LogP contribution in [0.15, 0.2) is 12.4 Å². The molecule has 0 radical (unpaired) electrons. The number of nitrogens with zero attached hydrogens (tertiary/aromatic N) is 2. The first-order valence-corrected chi connectivity index (χ1v) is 23.0. The van der Waals surface area contributed by atoms with Gasteiger partial charge in [-0.1, -0.05) is 239 Å². The largest absolute Gasteiger partial charge is 0.356 e. The normalized spacial score (nSPS) is 14.6. The molecule has 48 heavy (non-hydrogen) atoms. The van der Waals surface area contributed by atoms with E-state index in [0.717, 1.165) is 0 Å². The monoisotopic (exact) mass is 673 g/mol. The summed E-state index contributed by atoms with van der Waals surface area (Å²) < 4.78 is 0. The van der Waals surface area contributed by atoms with Crippen molar-refractivity contribution in [3.63, 3.8) is 0 Å². The fraction of sp³-hybridized carbons (Fsp3) is 0.957. The van der Waals surface area contributed by atoms with Crippen molar-refractivity contribution in [2.45, 2.75) is 271 Å². The summed E-state index contributed by atoms with van der Waals surface area (Å²) in [6.07, 6.45) is 60.4. The molecule has 0 spiro atoms. The Morgan fingerprint density at radius 1 is 0.271 bits per heavy atom. The van der Waals surface area contributed by atoms with Crippen molar-refractivity contribution in [1.82, 2.24) is 9.80 Å². The Morgan fingerprint density at radius 3 is 0.729 bits per heavy atom. The van der Waals surface area contributed by atoms with Crippen LogP contribution in [0, 0.1) is 0 Å². The highest BCUT2D eigenvalue weighted by molar-refractivity contribution is 4.97. The minimum Gasteiger partial charge on any atom is -0.356 e. The van der Waals surface area contributed by atoms with Gasteiger partial charge in [0.2, 0.25) is 0 Å². The zero-order chi connectivity index (χ0) is 34.4. The second-order valence-electron chi connectivity index (χ2n) is 16.1. The summed E-state index contributed by atoms with van der Waals surface area (Å²) in [5.74, 6) is 0. The highest BCUT2D eigenvalue weighted by Crippen LogP contribution is 2.24. The minimum atomic E-state index is 0.638. The molecular formula is C46H92N2. The van der Waals surface area contributed by atoms with Gasteiger partial charge in [0.15, 0.2) is 0 Å². The Labute approximate surface area is 305 Å². The number of unbranched alkanes of at least 4 members (excludes halogenated alkanes) is 34. The molecule has 0 aliphatic carbocycles. The van der Waals surface area contributed by atoms with Gasteiger partial charge in [0, 0.05) is 25.5 Å². The van der Waals surface area contributed by atoms with Gasteiger partial charge in [-0.15, -0.1) is 0 Å². The molecule has 1 aliphatic heterocycles. The minimum absolute atomic E-state index is 0.638. The molecule has 1 unspecified atom stereocenters. The molecule has 1 aliphatic rings. The predicted molar refractivity (Wildman–Crippen MR) is 219 cm³/mol. The number of hydrogen-bond donors (Lipinski definition) is 0. The lowest BCUT2D eigenvalue weighted by Crippen LogP contribution is -2.39. The van der Waals surface area contributed by atoms with Gasteiger partial charge in [0.05, 0.1) is 0 Å². The van der Waals surface area contributed by atoms with Crippen LogP contribution in [0.4, 0.5) is 0 Å². The Balaban J connectivity index is 2.16. The first-order chi connectivity index (χ1) is 23.8. The van der Waals surface area contributed by atoms with Gasteiger partial charge in [0.25, 0.3) is 0 Å². The molecule has 0 aromatic rings. The molecule has 0 saturated carbocycles. The summed E-state index contributed by atoms with van der Waals surface area (Å²) in [6, 6.07) is 0. The second kappa shape index (κ2) is 37.6. The Kier molecular flexibility index (Phi) is 35.5. The van der Waals surface area contributed by atoms with E-state index in [2.05, 4.69) is 43.0 Å². The summed E-state index contributed by atoms with van der Waals surface area (Å²) in [6.45, 7) is 9.49. The van der Waals surface area contributed by atoms with Gasteiger partial charge in [-0.25, -0.2) is 0 Å². The summed E-state index contributed by atoms with van der Waals surface area (Å²) in [5.41, 5.74) is 0. The highest BCUT2D eigenvalue weighted by atomic mass is 15.4. The number of hydrogen-bond acceptors (Lipinski definition) is 2. The topological polar surface area (TPSA) is 6.48 Å². The quantitative estimate of drug-likeness (QED) is 0.0598. The van der Waals surface area contributed by atoms with Gasteiger partial charge in [-0.05, 0) is 25.7 Å². The summed E-state index contributed by atoms with van der Waals surface area (Å²) in [5, 5.41) is 0. The van der Waals surface area contributed by atoms with Crippen LogP contribution in [-0.4, -0.2) is 29.1 Å². The van der Waals surface area contributed by atoms with Crippen LogP contribution < -0.4 is 0 Å². The standard InChI is InChI=1S/C46H92N2/c1-4-7-10-13-16-19-21-22-23-24-25-26-28-31-34-37-40-43-48-45-44-47(42-39-36-33-30-18-15-12-9-6-3)46(48)41-38-35-32-29-27-20-17-14-11-8-5-2/h44-46H,4-43H2,1-3H3. The molecule has 1 atom stereocenters. The van der Waals surface area contributed by atoms with E-state index in [1.54, 1.807) is 0 Å². The third-order valence-corrected chi connectivity index (χ3v) is 11.3.